The van der Waals surface area contributed by atoms with Gasteiger partial charge in [-0.15, -0.1) is 10.2 Å². The van der Waals surface area contributed by atoms with E-state index >= 15 is 0 Å². The third-order valence-electron chi connectivity index (χ3n) is 12.0. The molecule has 0 spiro atoms. The number of rotatable bonds is 8. The van der Waals surface area contributed by atoms with Crippen LogP contribution in [0.3, 0.4) is 0 Å². The van der Waals surface area contributed by atoms with Crippen molar-refractivity contribution in [2.45, 2.75) is 85.2 Å². The van der Waals surface area contributed by atoms with Crippen LogP contribution in [0.5, 0.6) is 17.2 Å². The molecule has 3 aromatic carbocycles. The van der Waals surface area contributed by atoms with Crippen LogP contribution in [0.1, 0.15) is 96.5 Å². The molecule has 16 heteroatoms. The number of hydrogen-bond acceptors (Lipinski definition) is 12. The zero-order chi connectivity index (χ0) is 43.1. The van der Waals surface area contributed by atoms with E-state index in [9.17, 15) is 34.5 Å². The molecule has 9 rings (SSSR count). The van der Waals surface area contributed by atoms with Crippen LogP contribution in [0.25, 0.3) is 39.4 Å². The number of carbonyl (C=O) groups excluding carboxylic acids is 3. The summed E-state index contributed by atoms with van der Waals surface area (Å²) in [5, 5.41) is 44.8. The molecule has 0 aliphatic carbocycles. The van der Waals surface area contributed by atoms with Crippen LogP contribution in [0.4, 0.5) is 4.79 Å². The summed E-state index contributed by atoms with van der Waals surface area (Å²) >= 11 is 0. The molecule has 0 fully saturated rings. The topological polar surface area (TPSA) is 211 Å². The molecule has 1 atom stereocenters. The summed E-state index contributed by atoms with van der Waals surface area (Å²) in [5.41, 5.74) is 4.82. The van der Waals surface area contributed by atoms with Crippen LogP contribution in [0.2, 0.25) is 0 Å². The van der Waals surface area contributed by atoms with Gasteiger partial charge in [0.15, 0.2) is 11.4 Å². The highest BCUT2D eigenvalue weighted by Crippen LogP contribution is 2.42. The first-order valence-corrected chi connectivity index (χ1v) is 20.3. The second-order valence-corrected chi connectivity index (χ2v) is 15.9. The minimum Gasteiger partial charge on any atom is -0.508 e. The second-order valence-electron chi connectivity index (χ2n) is 15.9. The van der Waals surface area contributed by atoms with Crippen LogP contribution in [-0.2, 0) is 47.8 Å². The first kappa shape index (κ1) is 39.4. The fourth-order valence-corrected chi connectivity index (χ4v) is 8.75. The number of carbonyl (C=O) groups is 3. The normalized spacial score (nSPS) is 16.3. The van der Waals surface area contributed by atoms with Gasteiger partial charge in [-0.2, -0.15) is 0 Å². The highest BCUT2D eigenvalue weighted by molar-refractivity contribution is 5.93. The number of esters is 1. The number of pyridine rings is 2. The van der Waals surface area contributed by atoms with E-state index in [1.165, 1.54) is 6.07 Å². The number of amides is 2. The molecule has 3 aliphatic rings. The molecular weight excluding hydrogens is 783 g/mol. The average molecular weight is 826 g/mol. The molecule has 2 amide bonds. The van der Waals surface area contributed by atoms with Crippen molar-refractivity contribution in [3.05, 3.63) is 110 Å². The van der Waals surface area contributed by atoms with Gasteiger partial charge in [-0.1, -0.05) is 33.8 Å². The predicted molar refractivity (Wildman–Crippen MR) is 221 cm³/mol. The molecule has 6 aromatic rings. The SMILES string of the molecule is CCNC(=O)c1nnc(-c2cc(C(C)C)c(O)cc2O)n1-c1ccc2c(c1)CN(C(=O)Oc1ccc3nc4c(c(CC)c3c1)Cn1c-4cc3c(c1=O)COC(=O)C3(O)CC)C2. The number of aryl methyl sites for hydroxylation is 1. The molecule has 312 valence electrons. The smallest absolute Gasteiger partial charge is 0.415 e. The van der Waals surface area contributed by atoms with Gasteiger partial charge in [0.1, 0.15) is 23.9 Å². The van der Waals surface area contributed by atoms with E-state index in [0.29, 0.717) is 46.9 Å². The number of phenols is 2. The quantitative estimate of drug-likeness (QED) is 0.136. The largest absolute Gasteiger partial charge is 0.508 e. The van der Waals surface area contributed by atoms with Crippen LogP contribution in [0, 0.1) is 0 Å². The summed E-state index contributed by atoms with van der Waals surface area (Å²) in [4.78, 5) is 59.9. The number of hydrogen-bond donors (Lipinski definition) is 4. The van der Waals surface area contributed by atoms with Crippen molar-refractivity contribution in [1.82, 2.24) is 34.5 Å². The maximum Gasteiger partial charge on any atom is 0.415 e. The number of ether oxygens (including phenoxy) is 2. The Bertz CT molecular complexity index is 2940. The van der Waals surface area contributed by atoms with Crippen molar-refractivity contribution in [1.29, 1.82) is 0 Å². The van der Waals surface area contributed by atoms with Gasteiger partial charge in [0, 0.05) is 47.9 Å². The van der Waals surface area contributed by atoms with E-state index in [1.54, 1.807) is 64.3 Å². The number of aromatic hydroxyl groups is 2. The fourth-order valence-electron chi connectivity index (χ4n) is 8.75. The summed E-state index contributed by atoms with van der Waals surface area (Å²) < 4.78 is 14.3. The Labute approximate surface area is 349 Å². The number of cyclic esters (lactones) is 1. The third kappa shape index (κ3) is 6.19. The molecule has 61 heavy (non-hydrogen) atoms. The van der Waals surface area contributed by atoms with Crippen LogP contribution >= 0.6 is 0 Å². The molecule has 0 bridgehead atoms. The van der Waals surface area contributed by atoms with Gasteiger partial charge in [0.05, 0.1) is 34.6 Å². The van der Waals surface area contributed by atoms with Gasteiger partial charge in [0.25, 0.3) is 11.5 Å². The van der Waals surface area contributed by atoms with Crippen molar-refractivity contribution in [2.75, 3.05) is 6.54 Å². The summed E-state index contributed by atoms with van der Waals surface area (Å²) in [6.45, 7) is 10.1. The molecule has 0 saturated carbocycles. The number of aromatic nitrogens is 5. The Morgan fingerprint density at radius 1 is 0.934 bits per heavy atom. The number of nitrogens with zero attached hydrogens (tertiary/aromatic N) is 6. The highest BCUT2D eigenvalue weighted by Gasteiger charge is 2.45. The summed E-state index contributed by atoms with van der Waals surface area (Å²) in [7, 11) is 0. The first-order chi connectivity index (χ1) is 29.3. The molecule has 3 aliphatic heterocycles. The second kappa shape index (κ2) is 14.6. The maximum atomic E-state index is 13.8. The van der Waals surface area contributed by atoms with Gasteiger partial charge in [0.2, 0.25) is 5.82 Å². The van der Waals surface area contributed by atoms with Crippen LogP contribution in [0.15, 0.2) is 59.4 Å². The molecule has 6 heterocycles. The number of nitrogens with one attached hydrogen (secondary N) is 1. The lowest BCUT2D eigenvalue weighted by Crippen LogP contribution is -2.44. The average Bonchev–Trinajstić information content (AvgIpc) is 3.97. The van der Waals surface area contributed by atoms with Gasteiger partial charge in [-0.05, 0) is 90.4 Å². The zero-order valence-electron chi connectivity index (χ0n) is 34.2. The van der Waals surface area contributed by atoms with Crippen molar-refractivity contribution in [3.63, 3.8) is 0 Å². The maximum absolute atomic E-state index is 13.8. The van der Waals surface area contributed by atoms with Crippen molar-refractivity contribution >= 4 is 28.9 Å². The van der Waals surface area contributed by atoms with Gasteiger partial charge in [-0.3, -0.25) is 19.1 Å². The molecule has 16 nitrogen and oxygen atoms in total. The molecule has 3 aromatic heterocycles. The zero-order valence-corrected chi connectivity index (χ0v) is 34.2. The lowest BCUT2D eigenvalue weighted by molar-refractivity contribution is -0.172. The third-order valence-corrected chi connectivity index (χ3v) is 12.0. The van der Waals surface area contributed by atoms with Crippen molar-refractivity contribution < 1.29 is 39.2 Å². The Balaban J connectivity index is 1.00. The number of aliphatic hydroxyl groups is 1. The number of phenolic OH excluding ortho intramolecular Hbond substituents is 2. The fraction of sp³-hybridized carbons (Fsp3) is 0.311. The van der Waals surface area contributed by atoms with Gasteiger partial charge < -0.3 is 34.7 Å². The van der Waals surface area contributed by atoms with E-state index in [-0.39, 0.29) is 84.0 Å². The first-order valence-electron chi connectivity index (χ1n) is 20.3. The van der Waals surface area contributed by atoms with E-state index in [1.807, 2.05) is 32.9 Å². The minimum atomic E-state index is -1.93. The monoisotopic (exact) mass is 825 g/mol. The molecular formula is C45H43N7O9. The molecule has 1 unspecified atom stereocenters. The minimum absolute atomic E-state index is 0.00245. The summed E-state index contributed by atoms with van der Waals surface area (Å²) in [6, 6.07) is 15.3. The lowest BCUT2D eigenvalue weighted by atomic mass is 9.86. The van der Waals surface area contributed by atoms with Crippen molar-refractivity contribution in [2.24, 2.45) is 0 Å². The summed E-state index contributed by atoms with van der Waals surface area (Å²) in [5.74, 6) is -1.10. The number of benzene rings is 3. The van der Waals surface area contributed by atoms with E-state index in [2.05, 4.69) is 15.5 Å². The number of fused-ring (bicyclic) bond motifs is 6. The Morgan fingerprint density at radius 3 is 2.46 bits per heavy atom. The highest BCUT2D eigenvalue weighted by atomic mass is 16.6. The standard InChI is InChI=1S/C45H43N7O9/c1-6-27-29-14-26(11-12-34(29)47-38-31(27)20-51-35(38)16-33-32(42(51)56)21-60-43(57)45(33,59)7-2)61-44(58)50-18-23-9-10-25(13-24(23)19-50)52-39(48-49-40(52)41(55)46-8-3)30-15-28(22(4)5)36(53)17-37(30)54/h9-17,22,53-54,59H,6-8,18-21H2,1-5H3,(H,46,55). The lowest BCUT2D eigenvalue weighted by Gasteiger charge is -2.31. The van der Waals surface area contributed by atoms with Gasteiger partial charge >= 0.3 is 12.1 Å². The predicted octanol–water partition coefficient (Wildman–Crippen LogP) is 5.69. The Morgan fingerprint density at radius 2 is 1.72 bits per heavy atom. The van der Waals surface area contributed by atoms with Gasteiger partial charge in [-0.25, -0.2) is 14.6 Å². The molecule has 0 saturated heterocycles. The van der Waals surface area contributed by atoms with Crippen LogP contribution in [-0.4, -0.2) is 69.0 Å². The Kier molecular flexibility index (Phi) is 9.42. The van der Waals surface area contributed by atoms with Crippen molar-refractivity contribution in [3.8, 4) is 45.7 Å². The van der Waals surface area contributed by atoms with Crippen LogP contribution < -0.4 is 15.6 Å². The molecule has 4 N–H and O–H groups in total. The summed E-state index contributed by atoms with van der Waals surface area (Å²) in [6.07, 6.45) is 0.0632. The molecule has 0 radical (unpaired) electrons. The Hall–Kier alpha value is -7.07. The van der Waals surface area contributed by atoms with E-state index in [0.717, 1.165) is 27.6 Å². The van der Waals surface area contributed by atoms with E-state index in [4.69, 9.17) is 14.5 Å². The van der Waals surface area contributed by atoms with E-state index < -0.39 is 23.6 Å².